The molecule has 0 aliphatic heterocycles. The van der Waals surface area contributed by atoms with Gasteiger partial charge in [0.15, 0.2) is 0 Å². The van der Waals surface area contributed by atoms with Gasteiger partial charge in [0.25, 0.3) is 0 Å². The zero-order valence-corrected chi connectivity index (χ0v) is 11.7. The molecular weight excluding hydrogens is 305 g/mol. The largest absolute Gasteiger partial charge is 0.469 e. The fraction of sp³-hybridized carbons (Fsp3) is 0.333. The SMILES string of the molecule is COC(=O)CC(=O)N(C)Cc1cc(Br)ccc1F. The van der Waals surface area contributed by atoms with Crippen LogP contribution in [0.1, 0.15) is 12.0 Å². The lowest BCUT2D eigenvalue weighted by Crippen LogP contribution is -2.28. The van der Waals surface area contributed by atoms with E-state index in [4.69, 9.17) is 0 Å². The number of hydrogen-bond acceptors (Lipinski definition) is 3. The first-order valence-corrected chi connectivity index (χ1v) is 5.98. The number of nitrogens with zero attached hydrogens (tertiary/aromatic N) is 1. The number of carbonyl (C=O) groups is 2. The fourth-order valence-corrected chi connectivity index (χ4v) is 1.75. The number of esters is 1. The van der Waals surface area contributed by atoms with E-state index >= 15 is 0 Å². The van der Waals surface area contributed by atoms with E-state index in [1.165, 1.54) is 25.1 Å². The van der Waals surface area contributed by atoms with Gasteiger partial charge in [0.05, 0.1) is 7.11 Å². The third kappa shape index (κ3) is 4.10. The number of halogens is 2. The number of rotatable bonds is 4. The molecule has 0 fully saturated rings. The van der Waals surface area contributed by atoms with Crippen molar-refractivity contribution in [1.29, 1.82) is 0 Å². The van der Waals surface area contributed by atoms with E-state index in [2.05, 4.69) is 20.7 Å². The summed E-state index contributed by atoms with van der Waals surface area (Å²) in [5.41, 5.74) is 0.380. The minimum absolute atomic E-state index is 0.0983. The van der Waals surface area contributed by atoms with Crippen molar-refractivity contribution in [3.63, 3.8) is 0 Å². The molecule has 98 valence electrons. The summed E-state index contributed by atoms with van der Waals surface area (Å²) in [6.45, 7) is 0.0983. The predicted octanol–water partition coefficient (Wildman–Crippen LogP) is 2.11. The Labute approximate surface area is 113 Å². The topological polar surface area (TPSA) is 46.6 Å². The molecule has 0 bridgehead atoms. The maximum atomic E-state index is 13.5. The van der Waals surface area contributed by atoms with Crippen LogP contribution in [0.15, 0.2) is 22.7 Å². The molecule has 1 aromatic rings. The number of carbonyl (C=O) groups excluding carboxylic acids is 2. The van der Waals surface area contributed by atoms with Crippen molar-refractivity contribution in [3.8, 4) is 0 Å². The van der Waals surface area contributed by atoms with Crippen LogP contribution in [-0.2, 0) is 20.9 Å². The third-order valence-electron chi connectivity index (χ3n) is 2.36. The van der Waals surface area contributed by atoms with E-state index in [1.807, 2.05) is 0 Å². The van der Waals surface area contributed by atoms with Gasteiger partial charge in [-0.05, 0) is 18.2 Å². The fourth-order valence-electron chi connectivity index (χ4n) is 1.34. The minimum Gasteiger partial charge on any atom is -0.469 e. The maximum Gasteiger partial charge on any atom is 0.315 e. The van der Waals surface area contributed by atoms with Gasteiger partial charge in [0.1, 0.15) is 12.2 Å². The highest BCUT2D eigenvalue weighted by Gasteiger charge is 2.15. The average Bonchev–Trinajstić information content (AvgIpc) is 2.33. The lowest BCUT2D eigenvalue weighted by Gasteiger charge is -2.17. The van der Waals surface area contributed by atoms with E-state index in [1.54, 1.807) is 12.1 Å². The summed E-state index contributed by atoms with van der Waals surface area (Å²) >= 11 is 3.23. The Balaban J connectivity index is 2.69. The molecule has 0 saturated heterocycles. The molecule has 1 rings (SSSR count). The molecular formula is C12H13BrFNO3. The Bertz CT molecular complexity index is 465. The van der Waals surface area contributed by atoms with Crippen LogP contribution in [0.2, 0.25) is 0 Å². The zero-order valence-electron chi connectivity index (χ0n) is 10.1. The van der Waals surface area contributed by atoms with E-state index < -0.39 is 17.7 Å². The second kappa shape index (κ2) is 6.49. The monoisotopic (exact) mass is 317 g/mol. The minimum atomic E-state index is -0.610. The van der Waals surface area contributed by atoms with Gasteiger partial charge < -0.3 is 9.64 Å². The van der Waals surface area contributed by atoms with Crippen molar-refractivity contribution in [3.05, 3.63) is 34.1 Å². The van der Waals surface area contributed by atoms with Crippen LogP contribution in [0.3, 0.4) is 0 Å². The van der Waals surface area contributed by atoms with Gasteiger partial charge in [0.2, 0.25) is 5.91 Å². The van der Waals surface area contributed by atoms with Crippen LogP contribution in [0.5, 0.6) is 0 Å². The van der Waals surface area contributed by atoms with E-state index in [9.17, 15) is 14.0 Å². The van der Waals surface area contributed by atoms with Gasteiger partial charge in [-0.1, -0.05) is 15.9 Å². The summed E-state index contributed by atoms with van der Waals surface area (Å²) < 4.78 is 18.6. The normalized spacial score (nSPS) is 10.0. The molecule has 0 unspecified atom stereocenters. The molecule has 0 atom stereocenters. The number of ether oxygens (including phenoxy) is 1. The molecule has 1 amide bonds. The maximum absolute atomic E-state index is 13.5. The van der Waals surface area contributed by atoms with Crippen LogP contribution in [0.4, 0.5) is 4.39 Å². The second-order valence-corrected chi connectivity index (χ2v) is 4.65. The van der Waals surface area contributed by atoms with Gasteiger partial charge in [-0.15, -0.1) is 0 Å². The number of amides is 1. The summed E-state index contributed by atoms with van der Waals surface area (Å²) in [6, 6.07) is 4.49. The van der Waals surface area contributed by atoms with Crippen LogP contribution in [0.25, 0.3) is 0 Å². The summed E-state index contributed by atoms with van der Waals surface area (Å²) in [5, 5.41) is 0. The highest BCUT2D eigenvalue weighted by molar-refractivity contribution is 9.10. The first-order valence-electron chi connectivity index (χ1n) is 5.18. The first kappa shape index (κ1) is 14.6. The highest BCUT2D eigenvalue weighted by atomic mass is 79.9. The Morgan fingerprint density at radius 2 is 2.11 bits per heavy atom. The van der Waals surface area contributed by atoms with Crippen molar-refractivity contribution in [2.45, 2.75) is 13.0 Å². The Kier molecular flexibility index (Phi) is 5.27. The molecule has 0 radical (unpaired) electrons. The summed E-state index contributed by atoms with van der Waals surface area (Å²) in [6.07, 6.45) is -0.345. The number of benzene rings is 1. The van der Waals surface area contributed by atoms with Crippen LogP contribution in [0, 0.1) is 5.82 Å². The van der Waals surface area contributed by atoms with Crippen molar-refractivity contribution in [2.75, 3.05) is 14.2 Å². The van der Waals surface area contributed by atoms with Crippen LogP contribution in [-0.4, -0.2) is 30.9 Å². The van der Waals surface area contributed by atoms with Crippen molar-refractivity contribution >= 4 is 27.8 Å². The molecule has 1 aromatic carbocycles. The third-order valence-corrected chi connectivity index (χ3v) is 2.86. The molecule has 0 heterocycles. The van der Waals surface area contributed by atoms with Gasteiger partial charge in [0, 0.05) is 23.6 Å². The predicted molar refractivity (Wildman–Crippen MR) is 67.2 cm³/mol. The summed E-state index contributed by atoms with van der Waals surface area (Å²) in [5.74, 6) is -1.42. The molecule has 0 N–H and O–H groups in total. The summed E-state index contributed by atoms with van der Waals surface area (Å²) in [7, 11) is 2.72. The zero-order chi connectivity index (χ0) is 13.7. The van der Waals surface area contributed by atoms with E-state index in [0.717, 1.165) is 4.47 Å². The van der Waals surface area contributed by atoms with Gasteiger partial charge in [-0.2, -0.15) is 0 Å². The Morgan fingerprint density at radius 1 is 1.44 bits per heavy atom. The molecule has 0 aromatic heterocycles. The van der Waals surface area contributed by atoms with E-state index in [0.29, 0.717) is 5.56 Å². The molecule has 0 aliphatic rings. The lowest BCUT2D eigenvalue weighted by atomic mass is 10.2. The quantitative estimate of drug-likeness (QED) is 0.631. The molecule has 4 nitrogen and oxygen atoms in total. The average molecular weight is 318 g/mol. The van der Waals surface area contributed by atoms with Crippen molar-refractivity contribution < 1.29 is 18.7 Å². The van der Waals surface area contributed by atoms with Crippen molar-refractivity contribution in [2.24, 2.45) is 0 Å². The van der Waals surface area contributed by atoms with E-state index in [-0.39, 0.29) is 13.0 Å². The standard InChI is InChI=1S/C12H13BrFNO3/c1-15(11(16)6-12(17)18-2)7-8-5-9(13)3-4-10(8)14/h3-5H,6-7H2,1-2H3. The smallest absolute Gasteiger partial charge is 0.315 e. The van der Waals surface area contributed by atoms with Crippen LogP contribution < -0.4 is 0 Å². The van der Waals surface area contributed by atoms with Gasteiger partial charge in [-0.25, -0.2) is 4.39 Å². The van der Waals surface area contributed by atoms with Crippen molar-refractivity contribution in [1.82, 2.24) is 4.90 Å². The lowest BCUT2D eigenvalue weighted by molar-refractivity contribution is -0.146. The van der Waals surface area contributed by atoms with Gasteiger partial charge in [-0.3, -0.25) is 9.59 Å². The second-order valence-electron chi connectivity index (χ2n) is 3.74. The Morgan fingerprint density at radius 3 is 2.72 bits per heavy atom. The Hall–Kier alpha value is -1.43. The number of hydrogen-bond donors (Lipinski definition) is 0. The molecule has 6 heteroatoms. The number of methoxy groups -OCH3 is 1. The molecule has 0 aliphatic carbocycles. The highest BCUT2D eigenvalue weighted by Crippen LogP contribution is 2.17. The molecule has 18 heavy (non-hydrogen) atoms. The summed E-state index contributed by atoms with van der Waals surface area (Å²) in [4.78, 5) is 23.8. The molecule has 0 saturated carbocycles. The molecule has 0 spiro atoms. The van der Waals surface area contributed by atoms with Crippen LogP contribution >= 0.6 is 15.9 Å². The van der Waals surface area contributed by atoms with Gasteiger partial charge >= 0.3 is 5.97 Å². The first-order chi connectivity index (χ1) is 8.43.